The van der Waals surface area contributed by atoms with Crippen LogP contribution < -0.4 is 14.5 Å². The number of rotatable bonds is 9. The molecule has 0 unspecified atom stereocenters. The SMILES string of the molecule is COC(=O)CCCOc1c(C)cc2cccnc2c1N1CCCN(Cc2csc(N3CCOCC3)n2)CC1. The van der Waals surface area contributed by atoms with Gasteiger partial charge in [-0.25, -0.2) is 4.98 Å². The number of methoxy groups -OCH3 is 1. The van der Waals surface area contributed by atoms with Gasteiger partial charge in [-0.05, 0) is 37.5 Å². The monoisotopic (exact) mass is 539 g/mol. The zero-order chi connectivity index (χ0) is 26.3. The lowest BCUT2D eigenvalue weighted by Crippen LogP contribution is -2.36. The van der Waals surface area contributed by atoms with Crippen molar-refractivity contribution in [2.75, 3.05) is 76.0 Å². The molecule has 2 aliphatic heterocycles. The molecule has 0 saturated carbocycles. The van der Waals surface area contributed by atoms with Crippen LogP contribution in [0, 0.1) is 6.92 Å². The van der Waals surface area contributed by atoms with Crippen LogP contribution in [0.15, 0.2) is 29.8 Å². The van der Waals surface area contributed by atoms with Gasteiger partial charge in [0, 0.05) is 69.2 Å². The summed E-state index contributed by atoms with van der Waals surface area (Å²) < 4.78 is 16.6. The highest BCUT2D eigenvalue weighted by molar-refractivity contribution is 7.13. The molecule has 1 aromatic carbocycles. The van der Waals surface area contributed by atoms with E-state index in [1.54, 1.807) is 11.3 Å². The van der Waals surface area contributed by atoms with Crippen molar-refractivity contribution in [2.24, 2.45) is 0 Å². The van der Waals surface area contributed by atoms with E-state index in [4.69, 9.17) is 24.2 Å². The lowest BCUT2D eigenvalue weighted by Gasteiger charge is -2.28. The number of aryl methyl sites for hydroxylation is 1. The normalized spacial score (nSPS) is 17.0. The lowest BCUT2D eigenvalue weighted by atomic mass is 10.1. The zero-order valence-corrected chi connectivity index (χ0v) is 23.2. The minimum Gasteiger partial charge on any atom is -0.491 e. The summed E-state index contributed by atoms with van der Waals surface area (Å²) in [6, 6.07) is 6.23. The molecule has 2 aliphatic rings. The van der Waals surface area contributed by atoms with Gasteiger partial charge in [0.2, 0.25) is 0 Å². The number of anilines is 2. The Bertz CT molecular complexity index is 1230. The molecule has 38 heavy (non-hydrogen) atoms. The highest BCUT2D eigenvalue weighted by atomic mass is 32.1. The van der Waals surface area contributed by atoms with Crippen molar-refractivity contribution >= 4 is 39.0 Å². The molecule has 0 spiro atoms. The van der Waals surface area contributed by atoms with Crippen molar-refractivity contribution in [3.05, 3.63) is 41.0 Å². The number of ether oxygens (including phenoxy) is 3. The number of hydrogen-bond acceptors (Lipinski definition) is 10. The van der Waals surface area contributed by atoms with Crippen LogP contribution in [0.3, 0.4) is 0 Å². The number of carbonyl (C=O) groups is 1. The molecule has 2 aromatic heterocycles. The molecule has 0 amide bonds. The Hall–Kier alpha value is -2.95. The minimum atomic E-state index is -0.212. The number of esters is 1. The second kappa shape index (κ2) is 12.7. The molecular weight excluding hydrogens is 502 g/mol. The maximum absolute atomic E-state index is 11.5. The third kappa shape index (κ3) is 6.36. The number of carbonyl (C=O) groups excluding carboxylic acids is 1. The van der Waals surface area contributed by atoms with E-state index in [2.05, 4.69) is 39.1 Å². The maximum Gasteiger partial charge on any atom is 0.305 e. The Kier molecular flexibility index (Phi) is 8.93. The van der Waals surface area contributed by atoms with E-state index >= 15 is 0 Å². The standard InChI is InChI=1S/C28H37N5O4S/c1-21-18-22-6-3-8-29-25(22)26(27(21)37-15-4-7-24(34)35-2)32-10-5-9-31(11-12-32)19-23-20-38-28(30-23)33-13-16-36-17-14-33/h3,6,8,18,20H,4-5,7,9-17,19H2,1-2H3. The van der Waals surface area contributed by atoms with Gasteiger partial charge < -0.3 is 24.0 Å². The van der Waals surface area contributed by atoms with Crippen molar-refractivity contribution in [3.8, 4) is 5.75 Å². The predicted molar refractivity (Wildman–Crippen MR) is 150 cm³/mol. The van der Waals surface area contributed by atoms with Crippen molar-refractivity contribution < 1.29 is 19.0 Å². The minimum absolute atomic E-state index is 0.212. The molecule has 3 aromatic rings. The fourth-order valence-electron chi connectivity index (χ4n) is 5.14. The van der Waals surface area contributed by atoms with Gasteiger partial charge >= 0.3 is 5.97 Å². The quantitative estimate of drug-likeness (QED) is 0.297. The highest BCUT2D eigenvalue weighted by Gasteiger charge is 2.24. The molecular formula is C28H37N5O4S. The smallest absolute Gasteiger partial charge is 0.305 e. The number of morpholine rings is 1. The lowest BCUT2D eigenvalue weighted by molar-refractivity contribution is -0.140. The first-order valence-corrected chi connectivity index (χ1v) is 14.3. The second-order valence-electron chi connectivity index (χ2n) is 9.81. The number of aromatic nitrogens is 2. The molecule has 10 heteroatoms. The first-order valence-electron chi connectivity index (χ1n) is 13.4. The van der Waals surface area contributed by atoms with Gasteiger partial charge in [0.1, 0.15) is 11.4 Å². The molecule has 5 rings (SSSR count). The summed E-state index contributed by atoms with van der Waals surface area (Å²) in [5, 5.41) is 4.42. The van der Waals surface area contributed by atoms with E-state index in [9.17, 15) is 4.79 Å². The van der Waals surface area contributed by atoms with Crippen LogP contribution in [0.25, 0.3) is 10.9 Å². The van der Waals surface area contributed by atoms with Gasteiger partial charge in [-0.15, -0.1) is 11.3 Å². The Labute approximate surface area is 228 Å². The Morgan fingerprint density at radius 1 is 1.13 bits per heavy atom. The number of fused-ring (bicyclic) bond motifs is 1. The fourth-order valence-corrected chi connectivity index (χ4v) is 6.01. The van der Waals surface area contributed by atoms with Gasteiger partial charge in [-0.3, -0.25) is 14.7 Å². The first-order chi connectivity index (χ1) is 18.6. The van der Waals surface area contributed by atoms with E-state index < -0.39 is 0 Å². The van der Waals surface area contributed by atoms with Gasteiger partial charge in [0.15, 0.2) is 5.13 Å². The van der Waals surface area contributed by atoms with E-state index in [1.807, 2.05) is 12.3 Å². The largest absolute Gasteiger partial charge is 0.491 e. The van der Waals surface area contributed by atoms with Crippen LogP contribution in [-0.2, 0) is 20.8 Å². The van der Waals surface area contributed by atoms with Crippen LogP contribution in [0.2, 0.25) is 0 Å². The molecule has 0 atom stereocenters. The topological polar surface area (TPSA) is 80.3 Å². The van der Waals surface area contributed by atoms with Crippen molar-refractivity contribution in [1.29, 1.82) is 0 Å². The average Bonchev–Trinajstić information content (AvgIpc) is 3.29. The molecule has 0 N–H and O–H groups in total. The molecule has 2 fully saturated rings. The number of pyridine rings is 1. The summed E-state index contributed by atoms with van der Waals surface area (Å²) in [5.74, 6) is 0.652. The maximum atomic E-state index is 11.5. The second-order valence-corrected chi connectivity index (χ2v) is 10.6. The Balaban J connectivity index is 1.29. The van der Waals surface area contributed by atoms with Gasteiger partial charge in [-0.2, -0.15) is 0 Å². The van der Waals surface area contributed by atoms with Crippen molar-refractivity contribution in [1.82, 2.24) is 14.9 Å². The highest BCUT2D eigenvalue weighted by Crippen LogP contribution is 2.39. The van der Waals surface area contributed by atoms with E-state index in [0.29, 0.717) is 19.4 Å². The van der Waals surface area contributed by atoms with E-state index in [1.165, 1.54) is 7.11 Å². The molecule has 4 heterocycles. The predicted octanol–water partition coefficient (Wildman–Crippen LogP) is 3.88. The van der Waals surface area contributed by atoms with Crippen LogP contribution in [0.1, 0.15) is 30.5 Å². The number of thiazole rings is 1. The van der Waals surface area contributed by atoms with Gasteiger partial charge in [0.05, 0.1) is 38.1 Å². The number of hydrogen-bond donors (Lipinski definition) is 0. The number of nitrogens with zero attached hydrogens (tertiary/aromatic N) is 5. The summed E-state index contributed by atoms with van der Waals surface area (Å²) >= 11 is 1.73. The van der Waals surface area contributed by atoms with Gasteiger partial charge in [0.25, 0.3) is 0 Å². The Morgan fingerprint density at radius 2 is 2.00 bits per heavy atom. The summed E-state index contributed by atoms with van der Waals surface area (Å²) in [7, 11) is 1.42. The third-order valence-electron chi connectivity index (χ3n) is 7.12. The zero-order valence-electron chi connectivity index (χ0n) is 22.4. The molecule has 0 aliphatic carbocycles. The van der Waals surface area contributed by atoms with Gasteiger partial charge in [-0.1, -0.05) is 6.07 Å². The van der Waals surface area contributed by atoms with Crippen LogP contribution in [-0.4, -0.2) is 87.0 Å². The molecule has 0 radical (unpaired) electrons. The summed E-state index contributed by atoms with van der Waals surface area (Å²) in [4.78, 5) is 28.5. The van der Waals surface area contributed by atoms with Crippen LogP contribution >= 0.6 is 11.3 Å². The van der Waals surface area contributed by atoms with E-state index in [-0.39, 0.29) is 5.97 Å². The fraction of sp³-hybridized carbons (Fsp3) is 0.536. The van der Waals surface area contributed by atoms with Crippen molar-refractivity contribution in [3.63, 3.8) is 0 Å². The Morgan fingerprint density at radius 3 is 2.84 bits per heavy atom. The average molecular weight is 540 g/mol. The molecule has 204 valence electrons. The first kappa shape index (κ1) is 26.6. The molecule has 9 nitrogen and oxygen atoms in total. The van der Waals surface area contributed by atoms with Crippen LogP contribution in [0.4, 0.5) is 10.8 Å². The summed E-state index contributed by atoms with van der Waals surface area (Å²) in [5.41, 5.74) is 4.24. The summed E-state index contributed by atoms with van der Waals surface area (Å²) in [6.45, 7) is 10.6. The van der Waals surface area contributed by atoms with E-state index in [0.717, 1.165) is 104 Å². The summed E-state index contributed by atoms with van der Waals surface area (Å²) in [6.07, 6.45) is 3.85. The number of benzene rings is 1. The molecule has 0 bridgehead atoms. The van der Waals surface area contributed by atoms with Crippen molar-refractivity contribution in [2.45, 2.75) is 32.7 Å². The van der Waals surface area contributed by atoms with Crippen LogP contribution in [0.5, 0.6) is 5.75 Å². The molecule has 2 saturated heterocycles. The third-order valence-corrected chi connectivity index (χ3v) is 8.07.